The van der Waals surface area contributed by atoms with Crippen LogP contribution in [0.25, 0.3) is 11.4 Å². The maximum atomic E-state index is 11.2. The summed E-state index contributed by atoms with van der Waals surface area (Å²) in [6, 6.07) is 14.9. The number of fused-ring (bicyclic) bond motifs is 1. The van der Waals surface area contributed by atoms with E-state index in [1.54, 1.807) is 0 Å². The van der Waals surface area contributed by atoms with Gasteiger partial charge in [-0.1, -0.05) is 30.3 Å². The molecule has 2 aliphatic rings. The van der Waals surface area contributed by atoms with Gasteiger partial charge in [-0.15, -0.1) is 0 Å². The van der Waals surface area contributed by atoms with E-state index in [9.17, 15) is 4.21 Å². The van der Waals surface area contributed by atoms with E-state index in [0.29, 0.717) is 30.0 Å². The van der Waals surface area contributed by atoms with E-state index in [-0.39, 0.29) is 0 Å². The van der Waals surface area contributed by atoms with Gasteiger partial charge >= 0.3 is 0 Å². The Kier molecular flexibility index (Phi) is 5.57. The molecule has 1 fully saturated rings. The number of nitrogens with one attached hydrogen (secondary N) is 1. The molecule has 0 spiro atoms. The van der Waals surface area contributed by atoms with Crippen LogP contribution in [0.2, 0.25) is 0 Å². The van der Waals surface area contributed by atoms with E-state index in [4.69, 9.17) is 14.3 Å². The zero-order chi connectivity index (χ0) is 21.2. The molecule has 8 heteroatoms. The molecule has 3 heterocycles. The summed E-state index contributed by atoms with van der Waals surface area (Å²) >= 11 is 0. The molecule has 2 aromatic carbocycles. The molecule has 0 saturated carbocycles. The number of benzene rings is 2. The van der Waals surface area contributed by atoms with Gasteiger partial charge in [-0.3, -0.25) is 9.68 Å². The summed E-state index contributed by atoms with van der Waals surface area (Å²) in [5, 5.41) is 0. The molecule has 5 rings (SSSR count). The van der Waals surface area contributed by atoms with Crippen molar-refractivity contribution in [1.82, 2.24) is 14.9 Å². The van der Waals surface area contributed by atoms with Crippen molar-refractivity contribution < 1.29 is 13.7 Å². The van der Waals surface area contributed by atoms with Gasteiger partial charge in [-0.2, -0.15) is 0 Å². The Morgan fingerprint density at radius 3 is 2.52 bits per heavy atom. The van der Waals surface area contributed by atoms with E-state index >= 15 is 0 Å². The van der Waals surface area contributed by atoms with Crippen molar-refractivity contribution in [2.75, 3.05) is 19.8 Å². The molecule has 3 aromatic rings. The topological polar surface area (TPSA) is 88.4 Å². The number of nitrogens with zero attached hydrogens (tertiary/aromatic N) is 3. The van der Waals surface area contributed by atoms with E-state index < -0.39 is 10.6 Å². The first-order valence-electron chi connectivity index (χ1n) is 10.4. The predicted molar refractivity (Wildman–Crippen MR) is 118 cm³/mol. The zero-order valence-corrected chi connectivity index (χ0v) is 17.9. The van der Waals surface area contributed by atoms with Gasteiger partial charge < -0.3 is 9.47 Å². The van der Waals surface area contributed by atoms with Gasteiger partial charge in [0.2, 0.25) is 0 Å². The van der Waals surface area contributed by atoms with Gasteiger partial charge in [0.1, 0.15) is 13.2 Å². The standard InChI is InChI=1S/C23H24N4O3S/c24-31(28)19-13-25-23(26-14-19)17-5-3-16(4-6-17)15-27-9-1-2-20(27)18-7-8-21-22(12-18)30-11-10-29-21/h3-8,12-14,20,24,31H,1-2,9-11,15H2/t20-/m0/s1. The maximum Gasteiger partial charge on any atom is 0.161 e. The van der Waals surface area contributed by atoms with Crippen LogP contribution in [0.15, 0.2) is 59.8 Å². The number of aromatic nitrogens is 2. The molecule has 1 aromatic heterocycles. The molecule has 160 valence electrons. The SMILES string of the molecule is N=[SH](=O)c1cnc(-c2ccc(CN3CCC[C@H]3c3ccc4c(c3)OCCO4)cc2)nc1. The van der Waals surface area contributed by atoms with Crippen molar-refractivity contribution in [3.63, 3.8) is 0 Å². The molecule has 0 radical (unpaired) electrons. The van der Waals surface area contributed by atoms with E-state index in [0.717, 1.165) is 36.6 Å². The number of ether oxygens (including phenoxy) is 2. The summed E-state index contributed by atoms with van der Waals surface area (Å²) in [6.07, 6.45) is 5.24. The first-order valence-corrected chi connectivity index (χ1v) is 11.7. The average molecular weight is 437 g/mol. The summed E-state index contributed by atoms with van der Waals surface area (Å²) in [6.45, 7) is 3.15. The normalized spacial score (nSPS) is 19.3. The van der Waals surface area contributed by atoms with Gasteiger partial charge in [-0.05, 0) is 42.6 Å². The van der Waals surface area contributed by atoms with Gasteiger partial charge in [0.25, 0.3) is 0 Å². The Morgan fingerprint density at radius 1 is 1.03 bits per heavy atom. The third-order valence-electron chi connectivity index (χ3n) is 5.79. The third-order valence-corrected chi connectivity index (χ3v) is 6.49. The highest BCUT2D eigenvalue weighted by molar-refractivity contribution is 7.73. The van der Waals surface area contributed by atoms with Crippen LogP contribution in [-0.4, -0.2) is 38.8 Å². The highest BCUT2D eigenvalue weighted by Gasteiger charge is 2.27. The number of rotatable bonds is 5. The van der Waals surface area contributed by atoms with E-state index in [2.05, 4.69) is 39.1 Å². The lowest BCUT2D eigenvalue weighted by atomic mass is 10.0. The molecule has 7 nitrogen and oxygen atoms in total. The molecule has 1 saturated heterocycles. The Balaban J connectivity index is 1.30. The number of hydrogen-bond acceptors (Lipinski definition) is 7. The van der Waals surface area contributed by atoms with Crippen LogP contribution < -0.4 is 9.47 Å². The maximum absolute atomic E-state index is 11.2. The molecule has 1 N–H and O–H groups in total. The van der Waals surface area contributed by atoms with Gasteiger partial charge in [0.15, 0.2) is 17.3 Å². The number of hydrogen-bond donors (Lipinski definition) is 2. The van der Waals surface area contributed by atoms with Crippen molar-refractivity contribution in [3.8, 4) is 22.9 Å². The quantitative estimate of drug-likeness (QED) is 0.591. The Hall–Kier alpha value is -2.97. The Bertz CT molecular complexity index is 1140. The minimum atomic E-state index is -2.16. The van der Waals surface area contributed by atoms with E-state index in [1.165, 1.54) is 29.9 Å². The van der Waals surface area contributed by atoms with Crippen molar-refractivity contribution >= 4 is 10.6 Å². The largest absolute Gasteiger partial charge is 0.486 e. The van der Waals surface area contributed by atoms with Crippen LogP contribution in [-0.2, 0) is 17.1 Å². The number of likely N-dealkylation sites (tertiary alicyclic amines) is 1. The van der Waals surface area contributed by atoms with Crippen molar-refractivity contribution in [1.29, 1.82) is 4.78 Å². The van der Waals surface area contributed by atoms with Crippen LogP contribution in [0.3, 0.4) is 0 Å². The average Bonchev–Trinajstić information content (AvgIpc) is 3.27. The minimum absolute atomic E-state index is 0.342. The summed E-state index contributed by atoms with van der Waals surface area (Å²) in [5.41, 5.74) is 3.42. The monoisotopic (exact) mass is 436 g/mol. The fourth-order valence-electron chi connectivity index (χ4n) is 4.23. The lowest BCUT2D eigenvalue weighted by Gasteiger charge is -2.26. The van der Waals surface area contributed by atoms with Gasteiger partial charge in [0.05, 0.1) is 15.5 Å². The summed E-state index contributed by atoms with van der Waals surface area (Å²) in [5.74, 6) is 2.25. The fraction of sp³-hybridized carbons (Fsp3) is 0.304. The molecule has 2 atom stereocenters. The molecule has 1 unspecified atom stereocenters. The van der Waals surface area contributed by atoms with Crippen LogP contribution >= 0.6 is 0 Å². The molecule has 0 amide bonds. The van der Waals surface area contributed by atoms with Crippen LogP contribution in [0.1, 0.15) is 30.0 Å². The lowest BCUT2D eigenvalue weighted by Crippen LogP contribution is -2.23. The van der Waals surface area contributed by atoms with Crippen molar-refractivity contribution in [3.05, 3.63) is 66.0 Å². The smallest absolute Gasteiger partial charge is 0.161 e. The second kappa shape index (κ2) is 8.64. The first kappa shape index (κ1) is 20.0. The molecular formula is C23H24N4O3S. The Labute approximate surface area is 183 Å². The summed E-state index contributed by atoms with van der Waals surface area (Å²) < 4.78 is 29.9. The molecular weight excluding hydrogens is 412 g/mol. The predicted octanol–water partition coefficient (Wildman–Crippen LogP) is 3.85. The molecule has 0 bridgehead atoms. The summed E-state index contributed by atoms with van der Waals surface area (Å²) in [4.78, 5) is 11.3. The second-order valence-electron chi connectivity index (χ2n) is 7.79. The first-order chi connectivity index (χ1) is 15.2. The fourth-order valence-corrected chi connectivity index (χ4v) is 4.55. The second-order valence-corrected chi connectivity index (χ2v) is 8.89. The van der Waals surface area contributed by atoms with Crippen LogP contribution in [0, 0.1) is 4.78 Å². The minimum Gasteiger partial charge on any atom is -0.486 e. The highest BCUT2D eigenvalue weighted by atomic mass is 32.2. The molecule has 31 heavy (non-hydrogen) atoms. The molecule has 2 aliphatic heterocycles. The summed E-state index contributed by atoms with van der Waals surface area (Å²) in [7, 11) is -2.16. The number of thiol groups is 1. The van der Waals surface area contributed by atoms with E-state index in [1.807, 2.05) is 18.2 Å². The Morgan fingerprint density at radius 2 is 1.77 bits per heavy atom. The zero-order valence-electron chi connectivity index (χ0n) is 17.0. The van der Waals surface area contributed by atoms with Gasteiger partial charge in [0, 0.05) is 30.5 Å². The molecule has 0 aliphatic carbocycles. The lowest BCUT2D eigenvalue weighted by molar-refractivity contribution is 0.170. The van der Waals surface area contributed by atoms with Crippen molar-refractivity contribution in [2.24, 2.45) is 0 Å². The third kappa shape index (κ3) is 4.26. The van der Waals surface area contributed by atoms with Crippen molar-refractivity contribution in [2.45, 2.75) is 30.3 Å². The highest BCUT2D eigenvalue weighted by Crippen LogP contribution is 2.38. The van der Waals surface area contributed by atoms with Gasteiger partial charge in [-0.25, -0.2) is 14.2 Å². The van der Waals surface area contributed by atoms with Crippen LogP contribution in [0.4, 0.5) is 0 Å². The van der Waals surface area contributed by atoms with Crippen LogP contribution in [0.5, 0.6) is 11.5 Å².